The van der Waals surface area contributed by atoms with E-state index in [1.54, 1.807) is 0 Å². The van der Waals surface area contributed by atoms with Crippen molar-refractivity contribution in [3.8, 4) is 0 Å². The molecule has 3 aliphatic rings. The molecule has 8 atom stereocenters. The van der Waals surface area contributed by atoms with Gasteiger partial charge in [-0.05, 0) is 67.3 Å². The molecule has 0 aromatic heterocycles. The van der Waals surface area contributed by atoms with Crippen LogP contribution in [0.2, 0.25) is 0 Å². The Morgan fingerprint density at radius 2 is 1.77 bits per heavy atom. The molecule has 0 unspecified atom stereocenters. The highest BCUT2D eigenvalue weighted by atomic mass is 16.6. The van der Waals surface area contributed by atoms with Gasteiger partial charge in [0.15, 0.2) is 0 Å². The Kier molecular flexibility index (Phi) is 5.96. The maximum atomic E-state index is 13.5. The summed E-state index contributed by atoms with van der Waals surface area (Å²) in [5.41, 5.74) is -0.936. The number of benzene rings is 2. The van der Waals surface area contributed by atoms with E-state index in [0.717, 1.165) is 23.6 Å². The quantitative estimate of drug-likeness (QED) is 0.613. The van der Waals surface area contributed by atoms with Crippen LogP contribution in [-0.4, -0.2) is 46.6 Å². The van der Waals surface area contributed by atoms with Gasteiger partial charge in [0.1, 0.15) is 29.5 Å². The summed E-state index contributed by atoms with van der Waals surface area (Å²) in [6.45, 7) is 9.83. The Bertz CT molecular complexity index is 1140. The highest BCUT2D eigenvalue weighted by Crippen LogP contribution is 2.63. The standard InChI is InChI=1S/C29H36O6/c1-16(2)29-15-23(33-26(31)18(4)30)28(5,35-29)22-13-10-17(3)24(22)25(29)34-27(32)21-12-11-19-8-6-7-9-20(19)14-21/h6-9,11-12,14,16-18,22-25,30H,10,13,15H2,1-5H3/t17-,18+,22-,23-,24-,25+,28+,29-/m1/s1. The predicted octanol–water partition coefficient (Wildman–Crippen LogP) is 4.91. The Hall–Kier alpha value is -2.44. The second-order valence-corrected chi connectivity index (χ2v) is 11.3. The van der Waals surface area contributed by atoms with E-state index in [2.05, 4.69) is 20.8 Å². The van der Waals surface area contributed by atoms with Gasteiger partial charge in [0.05, 0.1) is 5.56 Å². The van der Waals surface area contributed by atoms with Gasteiger partial charge in [0.2, 0.25) is 0 Å². The lowest BCUT2D eigenvalue weighted by Gasteiger charge is -2.53. The molecule has 2 heterocycles. The molecule has 2 saturated heterocycles. The van der Waals surface area contributed by atoms with Gasteiger partial charge in [-0.2, -0.15) is 0 Å². The van der Waals surface area contributed by atoms with Gasteiger partial charge in [-0.1, -0.05) is 51.1 Å². The molecule has 1 aliphatic carbocycles. The number of fused-ring (bicyclic) bond motifs is 5. The van der Waals surface area contributed by atoms with Gasteiger partial charge >= 0.3 is 11.9 Å². The maximum Gasteiger partial charge on any atom is 0.338 e. The van der Waals surface area contributed by atoms with E-state index >= 15 is 0 Å². The zero-order valence-electron chi connectivity index (χ0n) is 21.2. The summed E-state index contributed by atoms with van der Waals surface area (Å²) in [7, 11) is 0. The van der Waals surface area contributed by atoms with E-state index in [4.69, 9.17) is 14.2 Å². The number of rotatable bonds is 5. The molecule has 0 spiro atoms. The minimum Gasteiger partial charge on any atom is -0.457 e. The van der Waals surface area contributed by atoms with Crippen LogP contribution < -0.4 is 0 Å². The van der Waals surface area contributed by atoms with Crippen LogP contribution in [0.1, 0.15) is 64.2 Å². The fourth-order valence-electron chi connectivity index (χ4n) is 6.98. The summed E-state index contributed by atoms with van der Waals surface area (Å²) in [6, 6.07) is 13.6. The van der Waals surface area contributed by atoms with Crippen LogP contribution in [0.4, 0.5) is 0 Å². The molecular formula is C29H36O6. The lowest BCUT2D eigenvalue weighted by molar-refractivity contribution is -0.259. The molecular weight excluding hydrogens is 444 g/mol. The average Bonchev–Trinajstić information content (AvgIpc) is 3.34. The predicted molar refractivity (Wildman–Crippen MR) is 132 cm³/mol. The largest absolute Gasteiger partial charge is 0.457 e. The number of esters is 2. The molecule has 35 heavy (non-hydrogen) atoms. The molecule has 1 saturated carbocycles. The van der Waals surface area contributed by atoms with Crippen LogP contribution in [0.3, 0.4) is 0 Å². The normalized spacial score (nSPS) is 36.7. The SMILES string of the molecule is CC(C)[C@@]12C[C@@H](OC(=O)[C@H](C)O)[C@@](C)(O1)[C@@H]1CC[C@@H](C)[C@H]1[C@@H]2OC(=O)c1ccc2ccccc2c1. The summed E-state index contributed by atoms with van der Waals surface area (Å²) in [4.78, 5) is 25.9. The molecule has 5 rings (SSSR count). The van der Waals surface area contributed by atoms with Crippen molar-refractivity contribution in [1.29, 1.82) is 0 Å². The maximum absolute atomic E-state index is 13.5. The van der Waals surface area contributed by atoms with Gasteiger partial charge in [0.25, 0.3) is 0 Å². The first-order valence-electron chi connectivity index (χ1n) is 12.9. The Labute approximate surface area is 206 Å². The third-order valence-corrected chi connectivity index (χ3v) is 8.97. The van der Waals surface area contributed by atoms with Crippen molar-refractivity contribution in [2.24, 2.45) is 23.7 Å². The molecule has 3 fully saturated rings. The number of aliphatic hydroxyl groups excluding tert-OH is 1. The topological polar surface area (TPSA) is 82.1 Å². The van der Waals surface area contributed by atoms with E-state index in [0.29, 0.717) is 17.9 Å². The minimum atomic E-state index is -1.20. The van der Waals surface area contributed by atoms with Crippen molar-refractivity contribution in [1.82, 2.24) is 0 Å². The van der Waals surface area contributed by atoms with Crippen LogP contribution in [0.15, 0.2) is 42.5 Å². The Balaban J connectivity index is 1.51. The van der Waals surface area contributed by atoms with Gasteiger partial charge in [0, 0.05) is 12.3 Å². The van der Waals surface area contributed by atoms with Crippen molar-refractivity contribution in [3.63, 3.8) is 0 Å². The molecule has 2 aliphatic heterocycles. The monoisotopic (exact) mass is 480 g/mol. The summed E-state index contributed by atoms with van der Waals surface area (Å²) in [5, 5.41) is 11.9. The number of aliphatic hydroxyl groups is 1. The van der Waals surface area contributed by atoms with Crippen LogP contribution in [0, 0.1) is 23.7 Å². The highest BCUT2D eigenvalue weighted by molar-refractivity contribution is 5.95. The van der Waals surface area contributed by atoms with Crippen molar-refractivity contribution in [2.45, 2.75) is 83.4 Å². The van der Waals surface area contributed by atoms with E-state index in [9.17, 15) is 14.7 Å². The summed E-state index contributed by atoms with van der Waals surface area (Å²) in [5.74, 6) is -0.417. The lowest BCUT2D eigenvalue weighted by Crippen LogP contribution is -2.62. The summed E-state index contributed by atoms with van der Waals surface area (Å²) >= 11 is 0. The minimum absolute atomic E-state index is 0.0280. The Morgan fingerprint density at radius 3 is 2.46 bits per heavy atom. The third kappa shape index (κ3) is 3.77. The molecule has 2 bridgehead atoms. The van der Waals surface area contributed by atoms with Crippen molar-refractivity contribution in [3.05, 3.63) is 48.0 Å². The van der Waals surface area contributed by atoms with E-state index in [1.807, 2.05) is 49.4 Å². The fourth-order valence-corrected chi connectivity index (χ4v) is 6.98. The van der Waals surface area contributed by atoms with Crippen LogP contribution >= 0.6 is 0 Å². The number of hydrogen-bond acceptors (Lipinski definition) is 6. The van der Waals surface area contributed by atoms with Crippen LogP contribution in [0.5, 0.6) is 0 Å². The molecule has 188 valence electrons. The van der Waals surface area contributed by atoms with Gasteiger partial charge in [-0.25, -0.2) is 9.59 Å². The first-order chi connectivity index (χ1) is 16.6. The van der Waals surface area contributed by atoms with Crippen LogP contribution in [0.25, 0.3) is 10.8 Å². The smallest absolute Gasteiger partial charge is 0.338 e. The third-order valence-electron chi connectivity index (χ3n) is 8.97. The van der Waals surface area contributed by atoms with Crippen molar-refractivity contribution in [2.75, 3.05) is 0 Å². The van der Waals surface area contributed by atoms with Gasteiger partial charge in [-0.3, -0.25) is 0 Å². The van der Waals surface area contributed by atoms with E-state index in [1.165, 1.54) is 6.92 Å². The zero-order valence-corrected chi connectivity index (χ0v) is 21.2. The number of hydrogen-bond donors (Lipinski definition) is 1. The van der Waals surface area contributed by atoms with Crippen molar-refractivity contribution < 1.29 is 28.9 Å². The van der Waals surface area contributed by atoms with Gasteiger partial charge < -0.3 is 19.3 Å². The molecule has 0 radical (unpaired) electrons. The molecule has 6 nitrogen and oxygen atoms in total. The fraction of sp³-hybridized carbons (Fsp3) is 0.586. The zero-order chi connectivity index (χ0) is 25.1. The first kappa shape index (κ1) is 24.3. The second-order valence-electron chi connectivity index (χ2n) is 11.3. The van der Waals surface area contributed by atoms with E-state index < -0.39 is 35.5 Å². The number of carbonyl (C=O) groups is 2. The van der Waals surface area contributed by atoms with Crippen molar-refractivity contribution >= 4 is 22.7 Å². The van der Waals surface area contributed by atoms with Gasteiger partial charge in [-0.15, -0.1) is 0 Å². The number of carbonyl (C=O) groups excluding carboxylic acids is 2. The highest BCUT2D eigenvalue weighted by Gasteiger charge is 2.72. The van der Waals surface area contributed by atoms with E-state index in [-0.39, 0.29) is 23.7 Å². The van der Waals surface area contributed by atoms with Crippen LogP contribution in [-0.2, 0) is 19.0 Å². The first-order valence-corrected chi connectivity index (χ1v) is 12.9. The number of ether oxygens (including phenoxy) is 3. The molecule has 2 aromatic rings. The summed E-state index contributed by atoms with van der Waals surface area (Å²) in [6.07, 6.45) is 0.206. The Morgan fingerprint density at radius 1 is 1.06 bits per heavy atom. The molecule has 6 heteroatoms. The molecule has 2 aromatic carbocycles. The molecule has 1 N–H and O–H groups in total. The average molecular weight is 481 g/mol. The lowest BCUT2D eigenvalue weighted by atomic mass is 9.69. The summed E-state index contributed by atoms with van der Waals surface area (Å²) < 4.78 is 19.1. The second kappa shape index (κ2) is 8.59. The molecule has 0 amide bonds.